The molecule has 2 aromatic carbocycles. The molecule has 26 heavy (non-hydrogen) atoms. The van der Waals surface area contributed by atoms with Gasteiger partial charge in [0.25, 0.3) is 0 Å². The highest BCUT2D eigenvalue weighted by Gasteiger charge is 2.20. The van der Waals surface area contributed by atoms with Crippen molar-refractivity contribution in [2.24, 2.45) is 4.99 Å². The number of para-hydroxylation sites is 1. The minimum atomic E-state index is -0.948. The van der Waals surface area contributed by atoms with Gasteiger partial charge in [-0.05, 0) is 36.8 Å². The number of benzene rings is 3. The van der Waals surface area contributed by atoms with Crippen LogP contribution in [0.5, 0.6) is 0 Å². The maximum Gasteiger partial charge on any atom is 0.336 e. The van der Waals surface area contributed by atoms with Crippen LogP contribution in [-0.2, 0) is 0 Å². The molecule has 2 aliphatic rings. The van der Waals surface area contributed by atoms with E-state index in [4.69, 9.17) is 4.42 Å². The van der Waals surface area contributed by atoms with E-state index in [1.54, 1.807) is 12.1 Å². The molecule has 0 spiro atoms. The van der Waals surface area contributed by atoms with Gasteiger partial charge in [-0.3, -0.25) is 4.99 Å². The fraction of sp³-hybridized carbons (Fsp3) is 0.0909. The summed E-state index contributed by atoms with van der Waals surface area (Å²) >= 11 is 0. The molecule has 128 valence electrons. The average Bonchev–Trinajstić information content (AvgIpc) is 2.66. The first-order chi connectivity index (χ1) is 12.7. The molecule has 0 unspecified atom stereocenters. The zero-order valence-corrected chi connectivity index (χ0v) is 14.3. The number of hydrogen-bond donors (Lipinski definition) is 1. The normalized spacial score (nSPS) is 12.0. The molecule has 0 saturated carbocycles. The monoisotopic (exact) mass is 343 g/mol. The zero-order chi connectivity index (χ0) is 18.1. The highest BCUT2D eigenvalue weighted by atomic mass is 16.4. The van der Waals surface area contributed by atoms with Gasteiger partial charge in [0.15, 0.2) is 0 Å². The number of aromatic carboxylic acids is 1. The van der Waals surface area contributed by atoms with Crippen molar-refractivity contribution in [1.82, 2.24) is 0 Å². The van der Waals surface area contributed by atoms with E-state index in [0.29, 0.717) is 23.5 Å². The van der Waals surface area contributed by atoms with Crippen LogP contribution in [0.4, 0.5) is 0 Å². The van der Waals surface area contributed by atoms with Gasteiger partial charge < -0.3 is 9.52 Å². The quantitative estimate of drug-likeness (QED) is 0.542. The fourth-order valence-electron chi connectivity index (χ4n) is 3.29. The number of rotatable bonds is 3. The minimum absolute atomic E-state index is 0.271. The van der Waals surface area contributed by atoms with Crippen molar-refractivity contribution in [3.63, 3.8) is 0 Å². The van der Waals surface area contributed by atoms with Crippen molar-refractivity contribution < 1.29 is 14.3 Å². The second-order valence-corrected chi connectivity index (χ2v) is 5.98. The largest absolute Gasteiger partial charge is 0.478 e. The van der Waals surface area contributed by atoms with Crippen molar-refractivity contribution in [2.75, 3.05) is 6.54 Å². The molecule has 1 aliphatic heterocycles. The first-order valence-electron chi connectivity index (χ1n) is 8.48. The predicted octanol–water partition coefficient (Wildman–Crippen LogP) is 4.82. The van der Waals surface area contributed by atoms with Crippen molar-refractivity contribution in [2.45, 2.75) is 6.92 Å². The van der Waals surface area contributed by atoms with E-state index in [-0.39, 0.29) is 5.56 Å². The predicted molar refractivity (Wildman–Crippen MR) is 101 cm³/mol. The van der Waals surface area contributed by atoms with Crippen LogP contribution in [-0.4, -0.2) is 17.6 Å². The highest BCUT2D eigenvalue weighted by molar-refractivity contribution is 6.07. The lowest BCUT2D eigenvalue weighted by Gasteiger charge is -2.16. The molecule has 0 aromatic heterocycles. The van der Waals surface area contributed by atoms with Crippen LogP contribution in [0, 0.1) is 0 Å². The van der Waals surface area contributed by atoms with E-state index in [0.717, 1.165) is 21.9 Å². The summed E-state index contributed by atoms with van der Waals surface area (Å²) in [6.45, 7) is 2.67. The second kappa shape index (κ2) is 6.48. The molecule has 4 heteroatoms. The molecular formula is C22H17NO3. The SMILES string of the molecule is CCN=c1ccc2c(-c3ccccc3C(=O)O)c3ccccc3oc-2c1. The summed E-state index contributed by atoms with van der Waals surface area (Å²) in [4.78, 5) is 16.2. The van der Waals surface area contributed by atoms with Crippen LogP contribution < -0.4 is 5.36 Å². The van der Waals surface area contributed by atoms with Crippen LogP contribution in [0.3, 0.4) is 0 Å². The maximum atomic E-state index is 11.8. The summed E-state index contributed by atoms with van der Waals surface area (Å²) in [7, 11) is 0. The number of carboxylic acid groups (broad SMARTS) is 1. The summed E-state index contributed by atoms with van der Waals surface area (Å²) in [5.74, 6) is -0.259. The molecule has 0 radical (unpaired) electrons. The van der Waals surface area contributed by atoms with Crippen LogP contribution in [0.25, 0.3) is 33.4 Å². The van der Waals surface area contributed by atoms with Crippen molar-refractivity contribution >= 4 is 16.9 Å². The standard InChI is InChI=1S/C22H17NO3/c1-2-23-14-11-12-18-20(13-14)26-19-10-6-5-9-17(19)21(18)15-7-3-4-8-16(15)22(24)25/h3-13H,2H2,1H3,(H,24,25). The molecule has 0 fully saturated rings. The minimum Gasteiger partial charge on any atom is -0.478 e. The van der Waals surface area contributed by atoms with Crippen LogP contribution in [0.2, 0.25) is 0 Å². The van der Waals surface area contributed by atoms with Crippen LogP contribution in [0.15, 0.2) is 76.1 Å². The third kappa shape index (κ3) is 2.65. The van der Waals surface area contributed by atoms with E-state index in [1.165, 1.54) is 0 Å². The van der Waals surface area contributed by atoms with Crippen molar-refractivity contribution in [3.05, 3.63) is 77.7 Å². The Hall–Kier alpha value is -3.40. The Morgan fingerprint density at radius 3 is 2.58 bits per heavy atom. The fourth-order valence-corrected chi connectivity index (χ4v) is 3.29. The lowest BCUT2D eigenvalue weighted by atomic mass is 9.91. The molecular weight excluding hydrogens is 326 g/mol. The van der Waals surface area contributed by atoms with Crippen LogP contribution >= 0.6 is 0 Å². The molecule has 4 nitrogen and oxygen atoms in total. The molecule has 0 saturated heterocycles. The lowest BCUT2D eigenvalue weighted by molar-refractivity contribution is 0.0697. The summed E-state index contributed by atoms with van der Waals surface area (Å²) in [5, 5.41) is 11.4. The molecule has 0 amide bonds. The van der Waals surface area contributed by atoms with Crippen molar-refractivity contribution in [1.29, 1.82) is 0 Å². The molecule has 4 rings (SSSR count). The van der Waals surface area contributed by atoms with Gasteiger partial charge in [-0.1, -0.05) is 36.4 Å². The van der Waals surface area contributed by atoms with Gasteiger partial charge in [0, 0.05) is 29.1 Å². The van der Waals surface area contributed by atoms with Gasteiger partial charge in [-0.15, -0.1) is 0 Å². The first-order valence-corrected chi connectivity index (χ1v) is 8.48. The van der Waals surface area contributed by atoms with E-state index in [1.807, 2.05) is 61.5 Å². The highest BCUT2D eigenvalue weighted by Crippen LogP contribution is 2.40. The molecule has 0 atom stereocenters. The Kier molecular flexibility index (Phi) is 4.01. The van der Waals surface area contributed by atoms with Gasteiger partial charge in [0.1, 0.15) is 11.3 Å². The van der Waals surface area contributed by atoms with E-state index < -0.39 is 5.97 Å². The molecule has 1 aliphatic carbocycles. The van der Waals surface area contributed by atoms with Gasteiger partial charge >= 0.3 is 5.97 Å². The molecule has 0 bridgehead atoms. The zero-order valence-electron chi connectivity index (χ0n) is 14.3. The third-order valence-electron chi connectivity index (χ3n) is 4.38. The summed E-state index contributed by atoms with van der Waals surface area (Å²) in [6.07, 6.45) is 0. The smallest absolute Gasteiger partial charge is 0.336 e. The third-order valence-corrected chi connectivity index (χ3v) is 4.38. The number of fused-ring (bicyclic) bond motifs is 2. The van der Waals surface area contributed by atoms with Gasteiger partial charge in [0.2, 0.25) is 0 Å². The number of carboxylic acids is 1. The summed E-state index contributed by atoms with van der Waals surface area (Å²) in [6, 6.07) is 20.5. The molecule has 1 heterocycles. The second-order valence-electron chi connectivity index (χ2n) is 5.98. The topological polar surface area (TPSA) is 62.8 Å². The van der Waals surface area contributed by atoms with Gasteiger partial charge in [-0.25, -0.2) is 4.79 Å². The lowest BCUT2D eigenvalue weighted by Crippen LogP contribution is -2.05. The van der Waals surface area contributed by atoms with Crippen LogP contribution in [0.1, 0.15) is 17.3 Å². The Bertz CT molecular complexity index is 1160. The average molecular weight is 343 g/mol. The Labute approximate surface area is 150 Å². The number of nitrogens with zero attached hydrogens (tertiary/aromatic N) is 1. The maximum absolute atomic E-state index is 11.8. The Balaban J connectivity index is 2.16. The van der Waals surface area contributed by atoms with Gasteiger partial charge in [-0.2, -0.15) is 0 Å². The Morgan fingerprint density at radius 2 is 1.77 bits per heavy atom. The Morgan fingerprint density at radius 1 is 1.00 bits per heavy atom. The molecule has 1 N–H and O–H groups in total. The number of carbonyl (C=O) groups is 1. The summed E-state index contributed by atoms with van der Waals surface area (Å²) in [5.41, 5.74) is 3.39. The van der Waals surface area contributed by atoms with E-state index >= 15 is 0 Å². The number of hydrogen-bond acceptors (Lipinski definition) is 3. The van der Waals surface area contributed by atoms with E-state index in [9.17, 15) is 9.90 Å². The molecule has 2 aromatic rings. The van der Waals surface area contributed by atoms with Gasteiger partial charge in [0.05, 0.1) is 10.9 Å². The van der Waals surface area contributed by atoms with Crippen molar-refractivity contribution in [3.8, 4) is 22.5 Å². The summed E-state index contributed by atoms with van der Waals surface area (Å²) < 4.78 is 6.09. The first kappa shape index (κ1) is 16.1. The van der Waals surface area contributed by atoms with E-state index in [2.05, 4.69) is 4.99 Å².